The molecule has 5 atom stereocenters. The van der Waals surface area contributed by atoms with E-state index in [9.17, 15) is 29.1 Å². The summed E-state index contributed by atoms with van der Waals surface area (Å²) in [4.78, 5) is 69.3. The van der Waals surface area contributed by atoms with E-state index in [0.29, 0.717) is 25.9 Å². The van der Waals surface area contributed by atoms with Gasteiger partial charge in [0.1, 0.15) is 29.3 Å². The van der Waals surface area contributed by atoms with Gasteiger partial charge < -0.3 is 30.1 Å². The molecule has 0 radical (unpaired) electrons. The molecule has 0 spiro atoms. The third-order valence-corrected chi connectivity index (χ3v) is 9.24. The van der Waals surface area contributed by atoms with Crippen LogP contribution >= 0.6 is 0 Å². The number of carbonyl (C=O) groups excluding carboxylic acids is 4. The second-order valence-electron chi connectivity index (χ2n) is 13.9. The molecule has 1 aromatic carbocycles. The summed E-state index contributed by atoms with van der Waals surface area (Å²) in [5.41, 5.74) is -1.02. The van der Waals surface area contributed by atoms with Crippen LogP contribution < -0.4 is 10.6 Å². The molecule has 244 valence electrons. The summed E-state index contributed by atoms with van der Waals surface area (Å²) >= 11 is 0. The lowest BCUT2D eigenvalue weighted by atomic mass is 9.99. The van der Waals surface area contributed by atoms with E-state index in [1.54, 1.807) is 32.6 Å². The van der Waals surface area contributed by atoms with E-state index in [2.05, 4.69) is 10.6 Å². The number of amides is 4. The normalized spacial score (nSPS) is 30.9. The van der Waals surface area contributed by atoms with Crippen LogP contribution in [0.15, 0.2) is 36.4 Å². The Balaban J connectivity index is 1.39. The second-order valence-corrected chi connectivity index (χ2v) is 13.9. The van der Waals surface area contributed by atoms with Gasteiger partial charge in [-0.05, 0) is 57.6 Å². The zero-order valence-corrected chi connectivity index (χ0v) is 26.5. The van der Waals surface area contributed by atoms with Gasteiger partial charge in [0.25, 0.3) is 0 Å². The molecule has 4 aliphatic rings. The van der Waals surface area contributed by atoms with Crippen molar-refractivity contribution in [3.05, 3.63) is 47.5 Å². The number of ether oxygens (including phenoxy) is 2. The van der Waals surface area contributed by atoms with E-state index in [0.717, 1.165) is 30.4 Å². The molecule has 12 heteroatoms. The molecule has 1 saturated carbocycles. The molecule has 0 aromatic heterocycles. The number of aliphatic carboxylic acids is 1. The van der Waals surface area contributed by atoms with E-state index < -0.39 is 64.7 Å². The van der Waals surface area contributed by atoms with Crippen LogP contribution in [-0.4, -0.2) is 80.7 Å². The molecule has 45 heavy (non-hydrogen) atoms. The van der Waals surface area contributed by atoms with Crippen LogP contribution in [0.4, 0.5) is 9.59 Å². The Labute approximate surface area is 263 Å². The molecular weight excluding hydrogens is 580 g/mol. The largest absolute Gasteiger partial charge is 0.479 e. The number of nitrogens with zero attached hydrogens (tertiary/aromatic N) is 2. The summed E-state index contributed by atoms with van der Waals surface area (Å²) in [7, 11) is 0. The van der Waals surface area contributed by atoms with E-state index in [-0.39, 0.29) is 19.4 Å². The molecule has 1 aliphatic carbocycles. The van der Waals surface area contributed by atoms with E-state index >= 15 is 0 Å². The first-order valence-electron chi connectivity index (χ1n) is 15.8. The van der Waals surface area contributed by atoms with Gasteiger partial charge in [0.2, 0.25) is 11.8 Å². The van der Waals surface area contributed by atoms with Crippen LogP contribution in [0.25, 0.3) is 0 Å². The number of benzene rings is 1. The van der Waals surface area contributed by atoms with Gasteiger partial charge in [-0.1, -0.05) is 56.2 Å². The first-order valence-corrected chi connectivity index (χ1v) is 15.8. The average molecular weight is 625 g/mol. The molecular formula is C33H44N4O8. The number of carboxylic acids is 1. The summed E-state index contributed by atoms with van der Waals surface area (Å²) in [6.07, 6.45) is 5.18. The van der Waals surface area contributed by atoms with Crippen molar-refractivity contribution in [2.24, 2.45) is 5.41 Å². The third kappa shape index (κ3) is 6.94. The van der Waals surface area contributed by atoms with Crippen molar-refractivity contribution in [2.75, 3.05) is 6.54 Å². The number of alkyl carbamates (subject to hydrolysis) is 1. The third-order valence-electron chi connectivity index (χ3n) is 9.24. The van der Waals surface area contributed by atoms with Gasteiger partial charge in [-0.3, -0.25) is 14.5 Å². The van der Waals surface area contributed by atoms with E-state index in [1.807, 2.05) is 36.4 Å². The Hall–Kier alpha value is -4.09. The number of hydrogen-bond donors (Lipinski definition) is 3. The highest BCUT2D eigenvalue weighted by Gasteiger charge is 2.70. The van der Waals surface area contributed by atoms with Gasteiger partial charge in [0, 0.05) is 24.9 Å². The van der Waals surface area contributed by atoms with E-state index in [1.165, 1.54) is 4.90 Å². The fourth-order valence-corrected chi connectivity index (χ4v) is 6.65. The topological polar surface area (TPSA) is 155 Å². The summed E-state index contributed by atoms with van der Waals surface area (Å²) in [6.45, 7) is 7.68. The zero-order chi connectivity index (χ0) is 32.6. The number of carbonyl (C=O) groups is 5. The lowest BCUT2D eigenvalue weighted by Gasteiger charge is -2.30. The molecule has 3 aliphatic heterocycles. The van der Waals surface area contributed by atoms with Gasteiger partial charge in [0.05, 0.1) is 6.54 Å². The van der Waals surface area contributed by atoms with Gasteiger partial charge >= 0.3 is 18.2 Å². The molecule has 5 rings (SSSR count). The minimum Gasteiger partial charge on any atom is -0.479 e. The second kappa shape index (κ2) is 12.4. The highest BCUT2D eigenvalue weighted by atomic mass is 16.6. The number of nitrogens with one attached hydrogen (secondary N) is 2. The monoisotopic (exact) mass is 624 g/mol. The van der Waals surface area contributed by atoms with Crippen molar-refractivity contribution < 1.29 is 38.6 Å². The van der Waals surface area contributed by atoms with Crippen LogP contribution in [0.5, 0.6) is 0 Å². The highest BCUT2D eigenvalue weighted by molar-refractivity contribution is 5.96. The Kier molecular flexibility index (Phi) is 8.88. The van der Waals surface area contributed by atoms with Gasteiger partial charge in [-0.25, -0.2) is 14.4 Å². The Morgan fingerprint density at radius 2 is 1.76 bits per heavy atom. The number of carboxylic acid groups (broad SMARTS) is 1. The maximum Gasteiger partial charge on any atom is 0.410 e. The molecule has 1 aromatic rings. The lowest BCUT2D eigenvalue weighted by Crippen LogP contribution is -2.57. The standard InChI is InChI=1S/C33H44N4O8/c1-31(2,3)45-29(42)34-24-14-8-6-5-7-11-15-32(4)20-33(32,28(40)41)35-26(38)25-16-23(19-37(25)27(24)39)44-30(43)36-17-21-12-9-10-13-22(21)18-36/h9-13,15,23-25H,5-8,14,16-20H2,1-4H3,(H,34,42)(H,35,38)(H,40,41)/b15-11-/t23-,24+,25+,32+,33+/m1/s1. The van der Waals surface area contributed by atoms with Gasteiger partial charge in [-0.15, -0.1) is 0 Å². The molecule has 4 amide bonds. The van der Waals surface area contributed by atoms with Crippen LogP contribution in [0.1, 0.15) is 83.8 Å². The smallest absolute Gasteiger partial charge is 0.410 e. The first-order chi connectivity index (χ1) is 21.2. The zero-order valence-electron chi connectivity index (χ0n) is 26.5. The maximum atomic E-state index is 14.1. The molecule has 3 heterocycles. The minimum absolute atomic E-state index is 0.00842. The predicted octanol–water partition coefficient (Wildman–Crippen LogP) is 3.87. The van der Waals surface area contributed by atoms with Crippen molar-refractivity contribution in [3.8, 4) is 0 Å². The molecule has 3 N–H and O–H groups in total. The number of allylic oxidation sites excluding steroid dienone is 1. The number of hydrogen-bond acceptors (Lipinski definition) is 7. The van der Waals surface area contributed by atoms with Gasteiger partial charge in [-0.2, -0.15) is 0 Å². The van der Waals surface area contributed by atoms with Crippen molar-refractivity contribution in [1.29, 1.82) is 0 Å². The molecule has 0 bridgehead atoms. The van der Waals surface area contributed by atoms with Crippen molar-refractivity contribution in [1.82, 2.24) is 20.4 Å². The Morgan fingerprint density at radius 1 is 1.07 bits per heavy atom. The predicted molar refractivity (Wildman–Crippen MR) is 163 cm³/mol. The Morgan fingerprint density at radius 3 is 2.40 bits per heavy atom. The molecule has 2 fully saturated rings. The summed E-state index contributed by atoms with van der Waals surface area (Å²) in [5, 5.41) is 15.6. The molecule has 0 unspecified atom stereocenters. The molecule has 12 nitrogen and oxygen atoms in total. The van der Waals surface area contributed by atoms with Crippen LogP contribution in [0.2, 0.25) is 0 Å². The molecule has 1 saturated heterocycles. The number of fused-ring (bicyclic) bond motifs is 3. The summed E-state index contributed by atoms with van der Waals surface area (Å²) < 4.78 is 11.3. The summed E-state index contributed by atoms with van der Waals surface area (Å²) in [5.74, 6) is -2.30. The average Bonchev–Trinajstić information content (AvgIpc) is 3.27. The van der Waals surface area contributed by atoms with E-state index in [4.69, 9.17) is 9.47 Å². The number of rotatable bonds is 3. The Bertz CT molecular complexity index is 1360. The van der Waals surface area contributed by atoms with Crippen molar-refractivity contribution in [2.45, 2.75) is 115 Å². The SMILES string of the molecule is CC(C)(C)OC(=O)N[C@H]1CCCCC/C=C\[C@@]2(C)C[C@@]2(C(=O)O)NC(=O)[C@@H]2C[C@@H](OC(=O)N3Cc4ccccc4C3)CN2C1=O. The highest BCUT2D eigenvalue weighted by Crippen LogP contribution is 2.57. The van der Waals surface area contributed by atoms with Crippen molar-refractivity contribution >= 4 is 30.0 Å². The first kappa shape index (κ1) is 32.3. The fourth-order valence-electron chi connectivity index (χ4n) is 6.65. The minimum atomic E-state index is -1.51. The van der Waals surface area contributed by atoms with Gasteiger partial charge in [0.15, 0.2) is 0 Å². The maximum absolute atomic E-state index is 14.1. The van der Waals surface area contributed by atoms with Crippen LogP contribution in [0.3, 0.4) is 0 Å². The quantitative estimate of drug-likeness (QED) is 0.428. The summed E-state index contributed by atoms with van der Waals surface area (Å²) in [6, 6.07) is 5.63. The lowest BCUT2D eigenvalue weighted by molar-refractivity contribution is -0.146. The van der Waals surface area contributed by atoms with Crippen LogP contribution in [0, 0.1) is 5.41 Å². The fraction of sp³-hybridized carbons (Fsp3) is 0.606. The van der Waals surface area contributed by atoms with Crippen molar-refractivity contribution in [3.63, 3.8) is 0 Å². The van der Waals surface area contributed by atoms with Crippen LogP contribution in [-0.2, 0) is 36.9 Å².